The number of ketones is 1. The van der Waals surface area contributed by atoms with Crippen molar-refractivity contribution < 1.29 is 14.3 Å². The number of ether oxygens (including phenoxy) is 2. The smallest absolute Gasteiger partial charge is 0.253 e. The highest BCUT2D eigenvalue weighted by Gasteiger charge is 2.29. The van der Waals surface area contributed by atoms with Crippen LogP contribution < -0.4 is 9.47 Å². The number of nitrogens with zero attached hydrogens (tertiary/aromatic N) is 4. The van der Waals surface area contributed by atoms with Gasteiger partial charge < -0.3 is 9.47 Å². The number of carbonyl (C=O) groups excluding carboxylic acids is 1. The van der Waals surface area contributed by atoms with Gasteiger partial charge in [0.15, 0.2) is 17.3 Å². The van der Waals surface area contributed by atoms with Gasteiger partial charge in [0.05, 0.1) is 25.5 Å². The van der Waals surface area contributed by atoms with E-state index in [0.29, 0.717) is 51.6 Å². The Morgan fingerprint density at radius 1 is 1.09 bits per heavy atom. The normalized spacial score (nSPS) is 15.5. The molecule has 0 aliphatic heterocycles. The standard InChI is InChI=1S/C24H21ClN4O3S/c1-31-21-7-6-15(11-22(21)32-2)16-9-19-18(20(30)10-16)12-29-23(26-19)27-24(28-29)33-13-14-4-3-5-17(25)8-14/h3-8,11-12,16H,9-10,13H2,1-2H3/t16-/m1/s1. The molecule has 0 saturated heterocycles. The van der Waals surface area contributed by atoms with Crippen LogP contribution in [-0.2, 0) is 12.2 Å². The minimum absolute atomic E-state index is 0.0133. The fourth-order valence-corrected chi connectivity index (χ4v) is 5.02. The van der Waals surface area contributed by atoms with Gasteiger partial charge in [-0.05, 0) is 47.7 Å². The number of Topliss-reactive ketones (excluding diaryl/α,β-unsaturated/α-hetero) is 1. The third kappa shape index (κ3) is 4.41. The van der Waals surface area contributed by atoms with Gasteiger partial charge in [-0.2, -0.15) is 4.98 Å². The quantitative estimate of drug-likeness (QED) is 0.359. The Morgan fingerprint density at radius 2 is 1.94 bits per heavy atom. The second-order valence-electron chi connectivity index (χ2n) is 7.80. The van der Waals surface area contributed by atoms with E-state index in [2.05, 4.69) is 15.1 Å². The Balaban J connectivity index is 1.40. The van der Waals surface area contributed by atoms with Crippen LogP contribution in [0.25, 0.3) is 5.78 Å². The van der Waals surface area contributed by atoms with Crippen LogP contribution in [0.3, 0.4) is 0 Å². The highest BCUT2D eigenvalue weighted by Crippen LogP contribution is 2.36. The topological polar surface area (TPSA) is 78.6 Å². The highest BCUT2D eigenvalue weighted by molar-refractivity contribution is 7.98. The molecule has 0 saturated carbocycles. The largest absolute Gasteiger partial charge is 0.493 e. The van der Waals surface area contributed by atoms with Crippen molar-refractivity contribution in [3.63, 3.8) is 0 Å². The van der Waals surface area contributed by atoms with Crippen molar-refractivity contribution in [1.29, 1.82) is 0 Å². The molecule has 0 radical (unpaired) electrons. The molecule has 0 spiro atoms. The number of carbonyl (C=O) groups is 1. The monoisotopic (exact) mass is 480 g/mol. The Bertz CT molecular complexity index is 1360. The SMILES string of the molecule is COc1ccc([C@H]2CC(=O)c3cn4nc(SCc5cccc(Cl)c5)nc4nc3C2)cc1OC. The number of thioether (sulfide) groups is 1. The molecule has 7 nitrogen and oxygen atoms in total. The first-order chi connectivity index (χ1) is 16.0. The highest BCUT2D eigenvalue weighted by atomic mass is 35.5. The maximum atomic E-state index is 13.0. The molecule has 0 unspecified atom stereocenters. The Morgan fingerprint density at radius 3 is 2.73 bits per heavy atom. The van der Waals surface area contributed by atoms with E-state index in [-0.39, 0.29) is 11.7 Å². The van der Waals surface area contributed by atoms with E-state index in [1.165, 1.54) is 11.8 Å². The zero-order valence-electron chi connectivity index (χ0n) is 18.1. The molecule has 2 heterocycles. The van der Waals surface area contributed by atoms with Crippen LogP contribution in [0, 0.1) is 0 Å². The molecule has 0 amide bonds. The van der Waals surface area contributed by atoms with Crippen molar-refractivity contribution >= 4 is 34.9 Å². The Hall–Kier alpha value is -3.10. The summed E-state index contributed by atoms with van der Waals surface area (Å²) in [6.45, 7) is 0. The zero-order valence-corrected chi connectivity index (χ0v) is 19.7. The fraction of sp³-hybridized carbons (Fsp3) is 0.250. The molecule has 0 fully saturated rings. The minimum atomic E-state index is 0.0133. The summed E-state index contributed by atoms with van der Waals surface area (Å²) in [5, 5.41) is 5.81. The summed E-state index contributed by atoms with van der Waals surface area (Å²) >= 11 is 7.57. The van der Waals surface area contributed by atoms with Crippen molar-refractivity contribution in [3.05, 3.63) is 76.1 Å². The first-order valence-corrected chi connectivity index (χ1v) is 11.8. The molecule has 0 N–H and O–H groups in total. The summed E-state index contributed by atoms with van der Waals surface area (Å²) in [7, 11) is 3.21. The number of fused-ring (bicyclic) bond motifs is 2. The van der Waals surface area contributed by atoms with Crippen molar-refractivity contribution in [3.8, 4) is 11.5 Å². The van der Waals surface area contributed by atoms with Crippen molar-refractivity contribution in [2.24, 2.45) is 0 Å². The number of methoxy groups -OCH3 is 2. The lowest BCUT2D eigenvalue weighted by Gasteiger charge is -2.23. The molecular formula is C24H21ClN4O3S. The summed E-state index contributed by atoms with van der Waals surface area (Å²) in [6.07, 6.45) is 2.80. The predicted octanol–water partition coefficient (Wildman–Crippen LogP) is 5.00. The van der Waals surface area contributed by atoms with Gasteiger partial charge in [-0.1, -0.05) is 41.6 Å². The number of hydrogen-bond donors (Lipinski definition) is 0. The van der Waals surface area contributed by atoms with Gasteiger partial charge in [-0.25, -0.2) is 9.50 Å². The van der Waals surface area contributed by atoms with Crippen molar-refractivity contribution in [2.75, 3.05) is 14.2 Å². The van der Waals surface area contributed by atoms with Crippen molar-refractivity contribution in [1.82, 2.24) is 19.6 Å². The number of rotatable bonds is 6. The minimum Gasteiger partial charge on any atom is -0.493 e. The molecule has 1 atom stereocenters. The average Bonchev–Trinajstić information content (AvgIpc) is 3.23. The maximum Gasteiger partial charge on any atom is 0.253 e. The summed E-state index contributed by atoms with van der Waals surface area (Å²) < 4.78 is 12.3. The molecular weight excluding hydrogens is 460 g/mol. The van der Waals surface area contributed by atoms with Crippen LogP contribution in [-0.4, -0.2) is 39.6 Å². The van der Waals surface area contributed by atoms with Crippen LogP contribution in [0.4, 0.5) is 0 Å². The van der Waals surface area contributed by atoms with Gasteiger partial charge in [-0.3, -0.25) is 4.79 Å². The lowest BCUT2D eigenvalue weighted by Crippen LogP contribution is -2.21. The van der Waals surface area contributed by atoms with E-state index in [0.717, 1.165) is 16.8 Å². The third-order valence-corrected chi connectivity index (χ3v) is 6.84. The van der Waals surface area contributed by atoms with Crippen LogP contribution in [0.2, 0.25) is 5.02 Å². The molecule has 9 heteroatoms. The lowest BCUT2D eigenvalue weighted by molar-refractivity contribution is 0.0962. The third-order valence-electron chi connectivity index (χ3n) is 5.70. The molecule has 1 aliphatic rings. The molecule has 1 aliphatic carbocycles. The second kappa shape index (κ2) is 9.03. The van der Waals surface area contributed by atoms with E-state index < -0.39 is 0 Å². The number of benzene rings is 2. The van der Waals surface area contributed by atoms with E-state index >= 15 is 0 Å². The summed E-state index contributed by atoms with van der Waals surface area (Å²) in [4.78, 5) is 22.2. The molecule has 168 valence electrons. The van der Waals surface area contributed by atoms with Gasteiger partial charge in [-0.15, -0.1) is 5.10 Å². The second-order valence-corrected chi connectivity index (χ2v) is 9.18. The first-order valence-electron chi connectivity index (χ1n) is 10.4. The van der Waals surface area contributed by atoms with Gasteiger partial charge >= 0.3 is 0 Å². The molecule has 5 rings (SSSR count). The van der Waals surface area contributed by atoms with Gasteiger partial charge in [0.25, 0.3) is 5.78 Å². The molecule has 4 aromatic rings. The Labute approximate surface area is 200 Å². The number of aromatic nitrogens is 4. The van der Waals surface area contributed by atoms with Gasteiger partial charge in [0.1, 0.15) is 0 Å². The average molecular weight is 481 g/mol. The number of hydrogen-bond acceptors (Lipinski definition) is 7. The molecule has 2 aromatic carbocycles. The summed E-state index contributed by atoms with van der Waals surface area (Å²) in [5.41, 5.74) is 3.46. The molecule has 0 bridgehead atoms. The lowest BCUT2D eigenvalue weighted by atomic mass is 9.82. The summed E-state index contributed by atoms with van der Waals surface area (Å²) in [6, 6.07) is 13.5. The van der Waals surface area contributed by atoms with Crippen LogP contribution in [0.5, 0.6) is 11.5 Å². The van der Waals surface area contributed by atoms with E-state index in [1.54, 1.807) is 24.9 Å². The first kappa shape index (κ1) is 21.7. The van der Waals surface area contributed by atoms with Crippen LogP contribution >= 0.6 is 23.4 Å². The van der Waals surface area contributed by atoms with E-state index in [9.17, 15) is 4.79 Å². The van der Waals surface area contributed by atoms with Crippen LogP contribution in [0.1, 0.15) is 39.5 Å². The zero-order chi connectivity index (χ0) is 22.9. The Kier molecular flexibility index (Phi) is 5.95. The van der Waals surface area contributed by atoms with E-state index in [1.807, 2.05) is 42.5 Å². The predicted molar refractivity (Wildman–Crippen MR) is 127 cm³/mol. The van der Waals surface area contributed by atoms with Crippen LogP contribution in [0.15, 0.2) is 53.8 Å². The fourth-order valence-electron chi connectivity index (χ4n) is 4.04. The molecule has 33 heavy (non-hydrogen) atoms. The van der Waals surface area contributed by atoms with E-state index in [4.69, 9.17) is 21.1 Å². The van der Waals surface area contributed by atoms with Crippen molar-refractivity contribution in [2.45, 2.75) is 29.7 Å². The van der Waals surface area contributed by atoms with Gasteiger partial charge in [0.2, 0.25) is 5.16 Å². The maximum absolute atomic E-state index is 13.0. The summed E-state index contributed by atoms with van der Waals surface area (Å²) in [5.74, 6) is 2.55. The van der Waals surface area contributed by atoms with Gasteiger partial charge in [0, 0.05) is 23.4 Å². The number of halogens is 1. The molecule has 2 aromatic heterocycles.